The van der Waals surface area contributed by atoms with Crippen LogP contribution < -0.4 is 4.74 Å². The van der Waals surface area contributed by atoms with Crippen LogP contribution in [0.4, 0.5) is 0 Å². The zero-order chi connectivity index (χ0) is 19.3. The van der Waals surface area contributed by atoms with Crippen molar-refractivity contribution in [2.24, 2.45) is 5.92 Å². The minimum absolute atomic E-state index is 0.0340. The predicted octanol–water partition coefficient (Wildman–Crippen LogP) is 5.21. The lowest BCUT2D eigenvalue weighted by molar-refractivity contribution is -0.145. The molecular formula is C25H24O3. The van der Waals surface area contributed by atoms with Crippen molar-refractivity contribution in [3.05, 3.63) is 89.5 Å². The van der Waals surface area contributed by atoms with Gasteiger partial charge in [0.1, 0.15) is 12.4 Å². The number of carbonyl (C=O) groups excluding carboxylic acids is 1. The predicted molar refractivity (Wildman–Crippen MR) is 110 cm³/mol. The SMILES string of the molecule is COC(=O)C1CCc2ccc(-c3cccc(OCc4ccccc4)c3)cc2C1. The average molecular weight is 372 g/mol. The lowest BCUT2D eigenvalue weighted by Gasteiger charge is -2.23. The molecule has 0 radical (unpaired) electrons. The fraction of sp³-hybridized carbons (Fsp3) is 0.240. The summed E-state index contributed by atoms with van der Waals surface area (Å²) in [5.41, 5.74) is 5.99. The highest BCUT2D eigenvalue weighted by Crippen LogP contribution is 2.31. The smallest absolute Gasteiger partial charge is 0.309 e. The van der Waals surface area contributed by atoms with Crippen LogP contribution in [-0.4, -0.2) is 13.1 Å². The lowest BCUT2D eigenvalue weighted by Crippen LogP contribution is -2.23. The summed E-state index contributed by atoms with van der Waals surface area (Å²) in [5.74, 6) is 0.715. The number of carbonyl (C=O) groups is 1. The number of methoxy groups -OCH3 is 1. The van der Waals surface area contributed by atoms with E-state index in [-0.39, 0.29) is 11.9 Å². The van der Waals surface area contributed by atoms with Crippen LogP contribution in [0, 0.1) is 5.92 Å². The lowest BCUT2D eigenvalue weighted by atomic mass is 9.82. The molecule has 0 bridgehead atoms. The Morgan fingerprint density at radius 1 is 0.929 bits per heavy atom. The summed E-state index contributed by atoms with van der Waals surface area (Å²) in [5, 5.41) is 0. The largest absolute Gasteiger partial charge is 0.489 e. The molecule has 0 fully saturated rings. The number of aryl methyl sites for hydroxylation is 1. The molecule has 0 aromatic heterocycles. The molecule has 3 nitrogen and oxygen atoms in total. The molecule has 0 aliphatic heterocycles. The summed E-state index contributed by atoms with van der Waals surface area (Å²) in [6, 6.07) is 24.9. The number of hydrogen-bond acceptors (Lipinski definition) is 3. The fourth-order valence-corrected chi connectivity index (χ4v) is 3.81. The molecule has 0 spiro atoms. The van der Waals surface area contributed by atoms with Gasteiger partial charge in [-0.2, -0.15) is 0 Å². The highest BCUT2D eigenvalue weighted by atomic mass is 16.5. The minimum Gasteiger partial charge on any atom is -0.489 e. The van der Waals surface area contributed by atoms with Gasteiger partial charge in [0.25, 0.3) is 0 Å². The molecule has 142 valence electrons. The molecule has 1 unspecified atom stereocenters. The van der Waals surface area contributed by atoms with E-state index in [0.29, 0.717) is 6.61 Å². The van der Waals surface area contributed by atoms with E-state index < -0.39 is 0 Å². The monoisotopic (exact) mass is 372 g/mol. The van der Waals surface area contributed by atoms with Crippen molar-refractivity contribution in [1.29, 1.82) is 0 Å². The van der Waals surface area contributed by atoms with Gasteiger partial charge in [-0.15, -0.1) is 0 Å². The van der Waals surface area contributed by atoms with Crippen molar-refractivity contribution in [3.63, 3.8) is 0 Å². The third-order valence-electron chi connectivity index (χ3n) is 5.38. The summed E-state index contributed by atoms with van der Waals surface area (Å²) in [7, 11) is 1.47. The Morgan fingerprint density at radius 2 is 1.75 bits per heavy atom. The summed E-state index contributed by atoms with van der Waals surface area (Å²) in [4.78, 5) is 11.9. The molecule has 3 aromatic carbocycles. The first kappa shape index (κ1) is 18.3. The zero-order valence-corrected chi connectivity index (χ0v) is 16.1. The van der Waals surface area contributed by atoms with E-state index >= 15 is 0 Å². The molecule has 0 N–H and O–H groups in total. The maximum atomic E-state index is 11.9. The van der Waals surface area contributed by atoms with Crippen molar-refractivity contribution in [3.8, 4) is 16.9 Å². The summed E-state index contributed by atoms with van der Waals surface area (Å²) >= 11 is 0. The van der Waals surface area contributed by atoms with Gasteiger partial charge in [-0.05, 0) is 59.2 Å². The van der Waals surface area contributed by atoms with E-state index in [9.17, 15) is 4.79 Å². The van der Waals surface area contributed by atoms with Gasteiger partial charge in [0.2, 0.25) is 0 Å². The summed E-state index contributed by atoms with van der Waals surface area (Å²) in [6.45, 7) is 0.551. The first-order chi connectivity index (χ1) is 13.7. The van der Waals surface area contributed by atoms with Crippen molar-refractivity contribution in [1.82, 2.24) is 0 Å². The van der Waals surface area contributed by atoms with Crippen molar-refractivity contribution in [2.45, 2.75) is 25.9 Å². The molecule has 0 saturated heterocycles. The van der Waals surface area contributed by atoms with Crippen LogP contribution in [0.1, 0.15) is 23.1 Å². The Hall–Kier alpha value is -3.07. The highest BCUT2D eigenvalue weighted by molar-refractivity contribution is 5.74. The van der Waals surface area contributed by atoms with Gasteiger partial charge >= 0.3 is 5.97 Å². The van der Waals surface area contributed by atoms with Crippen LogP contribution in [0.3, 0.4) is 0 Å². The van der Waals surface area contributed by atoms with Crippen molar-refractivity contribution in [2.75, 3.05) is 7.11 Å². The third-order valence-corrected chi connectivity index (χ3v) is 5.38. The molecule has 3 aromatic rings. The Balaban J connectivity index is 1.52. The van der Waals surface area contributed by atoms with Gasteiger partial charge < -0.3 is 9.47 Å². The molecule has 0 amide bonds. The number of rotatable bonds is 5. The molecule has 0 saturated carbocycles. The molecule has 1 aliphatic rings. The van der Waals surface area contributed by atoms with Crippen molar-refractivity contribution < 1.29 is 14.3 Å². The van der Waals surface area contributed by atoms with E-state index in [2.05, 4.69) is 42.5 Å². The molecular weight excluding hydrogens is 348 g/mol. The number of esters is 1. The van der Waals surface area contributed by atoms with Gasteiger partial charge in [-0.1, -0.05) is 60.7 Å². The van der Waals surface area contributed by atoms with Crippen LogP contribution in [0.2, 0.25) is 0 Å². The van der Waals surface area contributed by atoms with Gasteiger partial charge in [0, 0.05) is 0 Å². The molecule has 3 heteroatoms. The standard InChI is InChI=1S/C25H24O3/c1-27-25(26)22-13-11-19-10-12-21(14-23(19)15-22)20-8-5-9-24(16-20)28-17-18-6-3-2-4-7-18/h2-10,12,14,16,22H,11,13,15,17H2,1H3. The molecule has 1 aliphatic carbocycles. The Morgan fingerprint density at radius 3 is 2.57 bits per heavy atom. The van der Waals surface area contributed by atoms with E-state index in [1.54, 1.807) is 0 Å². The van der Waals surface area contributed by atoms with E-state index in [1.807, 2.05) is 30.3 Å². The highest BCUT2D eigenvalue weighted by Gasteiger charge is 2.25. The zero-order valence-electron chi connectivity index (χ0n) is 16.1. The third kappa shape index (κ3) is 4.09. The van der Waals surface area contributed by atoms with E-state index in [4.69, 9.17) is 9.47 Å². The number of benzene rings is 3. The quantitative estimate of drug-likeness (QED) is 0.577. The fourth-order valence-electron chi connectivity index (χ4n) is 3.81. The van der Waals surface area contributed by atoms with Gasteiger partial charge in [0.05, 0.1) is 13.0 Å². The van der Waals surface area contributed by atoms with Crippen molar-refractivity contribution >= 4 is 5.97 Å². The van der Waals surface area contributed by atoms with Crippen LogP contribution in [0.15, 0.2) is 72.8 Å². The topological polar surface area (TPSA) is 35.5 Å². The average Bonchev–Trinajstić information content (AvgIpc) is 2.77. The summed E-state index contributed by atoms with van der Waals surface area (Å²) < 4.78 is 10.9. The van der Waals surface area contributed by atoms with E-state index in [1.165, 1.54) is 18.2 Å². The maximum Gasteiger partial charge on any atom is 0.309 e. The Bertz CT molecular complexity index is 963. The molecule has 0 heterocycles. The Labute approximate surface area is 165 Å². The number of hydrogen-bond donors (Lipinski definition) is 0. The first-order valence-corrected chi connectivity index (χ1v) is 9.70. The second-order valence-corrected chi connectivity index (χ2v) is 7.25. The van der Waals surface area contributed by atoms with Crippen LogP contribution >= 0.6 is 0 Å². The van der Waals surface area contributed by atoms with Gasteiger partial charge in [-0.3, -0.25) is 4.79 Å². The number of fused-ring (bicyclic) bond motifs is 1. The second kappa shape index (κ2) is 8.30. The van der Waals surface area contributed by atoms with Crippen LogP contribution in [-0.2, 0) is 29.0 Å². The van der Waals surface area contributed by atoms with Crippen LogP contribution in [0.5, 0.6) is 5.75 Å². The van der Waals surface area contributed by atoms with Crippen LogP contribution in [0.25, 0.3) is 11.1 Å². The maximum absolute atomic E-state index is 11.9. The first-order valence-electron chi connectivity index (χ1n) is 9.70. The molecule has 28 heavy (non-hydrogen) atoms. The number of ether oxygens (including phenoxy) is 2. The van der Waals surface area contributed by atoms with Gasteiger partial charge in [-0.25, -0.2) is 0 Å². The molecule has 4 rings (SSSR count). The Kier molecular flexibility index (Phi) is 5.43. The molecule has 1 atom stereocenters. The van der Waals surface area contributed by atoms with E-state index in [0.717, 1.165) is 41.7 Å². The summed E-state index contributed by atoms with van der Waals surface area (Å²) in [6.07, 6.45) is 2.54. The second-order valence-electron chi connectivity index (χ2n) is 7.25. The van der Waals surface area contributed by atoms with Gasteiger partial charge in [0.15, 0.2) is 0 Å². The minimum atomic E-state index is -0.104. The normalized spacial score (nSPS) is 15.5.